The monoisotopic (exact) mass is 136 g/mol. The Labute approximate surface area is 48.2 Å². The van der Waals surface area contributed by atoms with Gasteiger partial charge in [-0.05, 0) is 12.8 Å². The highest BCUT2D eigenvalue weighted by molar-refractivity contribution is 7.52. The molecule has 1 fully saturated rings. The average Bonchev–Trinajstić information content (AvgIpc) is 1.65. The SMILES string of the molecule is O=P1(O)CCCCO1. The molecule has 0 bridgehead atoms. The summed E-state index contributed by atoms with van der Waals surface area (Å²) >= 11 is 0. The zero-order chi connectivity index (χ0) is 6.04. The van der Waals surface area contributed by atoms with Gasteiger partial charge in [0.2, 0.25) is 0 Å². The first kappa shape index (κ1) is 6.27. The molecule has 1 rings (SSSR count). The molecule has 0 radical (unpaired) electrons. The Kier molecular flexibility index (Phi) is 1.71. The smallest absolute Gasteiger partial charge is 0.324 e. The predicted molar refractivity (Wildman–Crippen MR) is 29.9 cm³/mol. The van der Waals surface area contributed by atoms with E-state index in [1.807, 2.05) is 0 Å². The van der Waals surface area contributed by atoms with E-state index in [1.54, 1.807) is 0 Å². The average molecular weight is 136 g/mol. The molecule has 1 saturated heterocycles. The van der Waals surface area contributed by atoms with Gasteiger partial charge in [-0.1, -0.05) is 0 Å². The molecule has 0 aromatic carbocycles. The molecule has 1 unspecified atom stereocenters. The topological polar surface area (TPSA) is 46.5 Å². The van der Waals surface area contributed by atoms with E-state index in [0.29, 0.717) is 12.8 Å². The second-order valence-corrected chi connectivity index (χ2v) is 3.88. The van der Waals surface area contributed by atoms with Crippen molar-refractivity contribution >= 4 is 7.60 Å². The summed E-state index contributed by atoms with van der Waals surface area (Å²) in [4.78, 5) is 8.71. The first-order chi connectivity index (χ1) is 3.71. The summed E-state index contributed by atoms with van der Waals surface area (Å²) in [6, 6.07) is 0. The maximum absolute atomic E-state index is 10.6. The summed E-state index contributed by atoms with van der Waals surface area (Å²) in [7, 11) is -3.09. The molecule has 0 aliphatic carbocycles. The largest absolute Gasteiger partial charge is 0.328 e. The van der Waals surface area contributed by atoms with Gasteiger partial charge in [-0.3, -0.25) is 4.57 Å². The molecule has 1 heterocycles. The van der Waals surface area contributed by atoms with Gasteiger partial charge in [0.05, 0.1) is 12.8 Å². The normalized spacial score (nSPS) is 39.6. The summed E-state index contributed by atoms with van der Waals surface area (Å²) in [6.07, 6.45) is 2.09. The lowest BCUT2D eigenvalue weighted by Gasteiger charge is -2.16. The van der Waals surface area contributed by atoms with E-state index in [4.69, 9.17) is 4.89 Å². The predicted octanol–water partition coefficient (Wildman–Crippen LogP) is 0.982. The molecule has 0 aromatic rings. The third-order valence-corrected chi connectivity index (χ3v) is 2.60. The Bertz CT molecular complexity index is 112. The molecule has 1 aliphatic heterocycles. The summed E-state index contributed by atoms with van der Waals surface area (Å²) in [5.41, 5.74) is 0. The van der Waals surface area contributed by atoms with Crippen LogP contribution in [0.25, 0.3) is 0 Å². The molecule has 8 heavy (non-hydrogen) atoms. The Hall–Kier alpha value is 0.150. The highest BCUT2D eigenvalue weighted by Crippen LogP contribution is 2.45. The van der Waals surface area contributed by atoms with E-state index >= 15 is 0 Å². The second-order valence-electron chi connectivity index (χ2n) is 1.90. The standard InChI is InChI=1S/C4H9O3P/c5-8(6)4-2-1-3-7-8/h1-4H2,(H,5,6). The van der Waals surface area contributed by atoms with Crippen molar-refractivity contribution in [1.29, 1.82) is 0 Å². The zero-order valence-corrected chi connectivity index (χ0v) is 5.43. The highest BCUT2D eigenvalue weighted by Gasteiger charge is 2.21. The quantitative estimate of drug-likeness (QED) is 0.505. The molecule has 0 aromatic heterocycles. The lowest BCUT2D eigenvalue weighted by atomic mass is 10.4. The first-order valence-corrected chi connectivity index (χ1v) is 4.43. The van der Waals surface area contributed by atoms with Gasteiger partial charge in [0, 0.05) is 0 Å². The molecular weight excluding hydrogens is 127 g/mol. The molecule has 3 nitrogen and oxygen atoms in total. The van der Waals surface area contributed by atoms with E-state index in [1.165, 1.54) is 0 Å². The number of hydrogen-bond acceptors (Lipinski definition) is 2. The molecular formula is C4H9O3P. The van der Waals surface area contributed by atoms with E-state index in [0.717, 1.165) is 12.8 Å². The Morgan fingerprint density at radius 3 is 2.50 bits per heavy atom. The third kappa shape index (κ3) is 1.58. The minimum atomic E-state index is -3.09. The Morgan fingerprint density at radius 2 is 2.25 bits per heavy atom. The van der Waals surface area contributed by atoms with Crippen LogP contribution in [0.3, 0.4) is 0 Å². The van der Waals surface area contributed by atoms with Crippen LogP contribution in [-0.2, 0) is 9.09 Å². The summed E-state index contributed by atoms with van der Waals surface area (Å²) in [5.74, 6) is 0. The minimum Gasteiger partial charge on any atom is -0.324 e. The summed E-state index contributed by atoms with van der Waals surface area (Å²) < 4.78 is 15.1. The lowest BCUT2D eigenvalue weighted by molar-refractivity contribution is 0.236. The maximum atomic E-state index is 10.6. The number of hydrogen-bond donors (Lipinski definition) is 1. The van der Waals surface area contributed by atoms with Crippen molar-refractivity contribution in [3.63, 3.8) is 0 Å². The van der Waals surface area contributed by atoms with Crippen molar-refractivity contribution < 1.29 is 14.0 Å². The van der Waals surface area contributed by atoms with Crippen molar-refractivity contribution in [2.24, 2.45) is 0 Å². The van der Waals surface area contributed by atoms with E-state index in [9.17, 15) is 4.57 Å². The Balaban J connectivity index is 2.45. The first-order valence-electron chi connectivity index (χ1n) is 2.67. The van der Waals surface area contributed by atoms with Crippen molar-refractivity contribution in [3.05, 3.63) is 0 Å². The van der Waals surface area contributed by atoms with E-state index < -0.39 is 7.60 Å². The van der Waals surface area contributed by atoms with Crippen molar-refractivity contribution in [2.45, 2.75) is 12.8 Å². The fraction of sp³-hybridized carbons (Fsp3) is 1.00. The summed E-state index contributed by atoms with van der Waals surface area (Å²) in [6.45, 7) is 0.452. The molecule has 0 saturated carbocycles. The lowest BCUT2D eigenvalue weighted by Crippen LogP contribution is -2.03. The minimum absolute atomic E-state index is 0.340. The van der Waals surface area contributed by atoms with Gasteiger partial charge in [-0.2, -0.15) is 0 Å². The van der Waals surface area contributed by atoms with Crippen LogP contribution in [0, 0.1) is 0 Å². The van der Waals surface area contributed by atoms with Crippen LogP contribution in [0.1, 0.15) is 12.8 Å². The van der Waals surface area contributed by atoms with Crippen LogP contribution < -0.4 is 0 Å². The van der Waals surface area contributed by atoms with Crippen LogP contribution in [0.2, 0.25) is 0 Å². The summed E-state index contributed by atoms with van der Waals surface area (Å²) in [5, 5.41) is 0. The van der Waals surface area contributed by atoms with Crippen LogP contribution in [0.5, 0.6) is 0 Å². The van der Waals surface area contributed by atoms with Gasteiger partial charge in [0.25, 0.3) is 0 Å². The molecule has 0 spiro atoms. The van der Waals surface area contributed by atoms with Gasteiger partial charge < -0.3 is 9.42 Å². The van der Waals surface area contributed by atoms with Gasteiger partial charge in [-0.15, -0.1) is 0 Å². The molecule has 1 N–H and O–H groups in total. The fourth-order valence-electron chi connectivity index (χ4n) is 0.685. The fourth-order valence-corrected chi connectivity index (χ4v) is 1.85. The van der Waals surface area contributed by atoms with Crippen LogP contribution in [0.15, 0.2) is 0 Å². The van der Waals surface area contributed by atoms with E-state index in [2.05, 4.69) is 4.52 Å². The maximum Gasteiger partial charge on any atom is 0.328 e. The molecule has 1 atom stereocenters. The highest BCUT2D eigenvalue weighted by atomic mass is 31.2. The Morgan fingerprint density at radius 1 is 1.50 bits per heavy atom. The molecule has 1 aliphatic rings. The van der Waals surface area contributed by atoms with Crippen molar-refractivity contribution in [1.82, 2.24) is 0 Å². The second kappa shape index (κ2) is 2.18. The zero-order valence-electron chi connectivity index (χ0n) is 4.54. The van der Waals surface area contributed by atoms with Crippen molar-refractivity contribution in [3.8, 4) is 0 Å². The number of rotatable bonds is 0. The van der Waals surface area contributed by atoms with Gasteiger partial charge >= 0.3 is 7.60 Å². The van der Waals surface area contributed by atoms with E-state index in [-0.39, 0.29) is 0 Å². The third-order valence-electron chi connectivity index (χ3n) is 1.13. The molecule has 0 amide bonds. The van der Waals surface area contributed by atoms with Gasteiger partial charge in [0.15, 0.2) is 0 Å². The van der Waals surface area contributed by atoms with Gasteiger partial charge in [0.1, 0.15) is 0 Å². The van der Waals surface area contributed by atoms with Crippen molar-refractivity contribution in [2.75, 3.05) is 12.8 Å². The van der Waals surface area contributed by atoms with Crippen LogP contribution in [-0.4, -0.2) is 17.7 Å². The van der Waals surface area contributed by atoms with Crippen LogP contribution >= 0.6 is 7.60 Å². The van der Waals surface area contributed by atoms with Gasteiger partial charge in [-0.25, -0.2) is 0 Å². The molecule has 4 heteroatoms. The molecule has 48 valence electrons. The van der Waals surface area contributed by atoms with Crippen LogP contribution in [0.4, 0.5) is 0 Å².